The Morgan fingerprint density at radius 3 is 2.69 bits per heavy atom. The van der Waals surface area contributed by atoms with Crippen LogP contribution in [0.4, 0.5) is 0 Å². The van der Waals surface area contributed by atoms with Crippen molar-refractivity contribution in [2.45, 2.75) is 46.6 Å². The van der Waals surface area contributed by atoms with Crippen LogP contribution in [0.5, 0.6) is 0 Å². The molecule has 1 aromatic heterocycles. The first-order chi connectivity index (χ1) is 7.43. The van der Waals surface area contributed by atoms with Crippen LogP contribution in [-0.2, 0) is 13.5 Å². The normalized spacial score (nSPS) is 14.1. The van der Waals surface area contributed by atoms with Crippen LogP contribution >= 0.6 is 0 Å². The van der Waals surface area contributed by atoms with E-state index in [9.17, 15) is 0 Å². The Hall–Kier alpha value is -0.830. The molecule has 1 heterocycles. The zero-order chi connectivity index (χ0) is 12.2. The number of hydrogen-bond donors (Lipinski definition) is 1. The fraction of sp³-hybridized carbons (Fsp3) is 0.769. The molecule has 1 atom stereocenters. The molecule has 0 aromatic carbocycles. The maximum Gasteiger partial charge on any atom is 0.0629 e. The van der Waals surface area contributed by atoms with Crippen molar-refractivity contribution in [1.29, 1.82) is 0 Å². The summed E-state index contributed by atoms with van der Waals surface area (Å²) in [4.78, 5) is 0. The van der Waals surface area contributed by atoms with Crippen molar-refractivity contribution in [3.05, 3.63) is 18.0 Å². The third kappa shape index (κ3) is 4.35. The van der Waals surface area contributed by atoms with Crippen LogP contribution in [0.15, 0.2) is 12.3 Å². The molecular weight excluding hydrogens is 198 g/mol. The number of nitrogens with one attached hydrogen (secondary N) is 1. The Kier molecular flexibility index (Phi) is 4.54. The van der Waals surface area contributed by atoms with Gasteiger partial charge in [-0.3, -0.25) is 4.68 Å². The van der Waals surface area contributed by atoms with E-state index in [1.54, 1.807) is 0 Å². The summed E-state index contributed by atoms with van der Waals surface area (Å²) >= 11 is 0. The zero-order valence-corrected chi connectivity index (χ0v) is 11.2. The van der Waals surface area contributed by atoms with E-state index in [0.29, 0.717) is 11.5 Å². The first-order valence-corrected chi connectivity index (χ1v) is 6.15. The van der Waals surface area contributed by atoms with E-state index in [4.69, 9.17) is 0 Å². The summed E-state index contributed by atoms with van der Waals surface area (Å²) in [5.41, 5.74) is 1.49. The second-order valence-electron chi connectivity index (χ2n) is 5.48. The van der Waals surface area contributed by atoms with Gasteiger partial charge in [0.05, 0.1) is 5.69 Å². The molecule has 16 heavy (non-hydrogen) atoms. The Bertz CT molecular complexity index is 315. The van der Waals surface area contributed by atoms with Crippen molar-refractivity contribution in [2.75, 3.05) is 6.54 Å². The lowest BCUT2D eigenvalue weighted by atomic mass is 9.82. The summed E-state index contributed by atoms with van der Waals surface area (Å²) in [5.74, 6) is 0. The maximum atomic E-state index is 4.45. The Morgan fingerprint density at radius 2 is 2.19 bits per heavy atom. The first-order valence-electron chi connectivity index (χ1n) is 6.15. The van der Waals surface area contributed by atoms with Crippen LogP contribution in [0.25, 0.3) is 0 Å². The van der Waals surface area contributed by atoms with Crippen LogP contribution < -0.4 is 5.32 Å². The Labute approximate surface area is 99.2 Å². The highest BCUT2D eigenvalue weighted by molar-refractivity contribution is 5.02. The van der Waals surface area contributed by atoms with Crippen LogP contribution in [0.1, 0.15) is 39.8 Å². The minimum absolute atomic E-state index is 0.302. The minimum Gasteiger partial charge on any atom is -0.315 e. The van der Waals surface area contributed by atoms with Crippen molar-refractivity contribution in [1.82, 2.24) is 15.1 Å². The molecule has 0 saturated carbocycles. The molecule has 0 fully saturated rings. The average molecular weight is 223 g/mol. The van der Waals surface area contributed by atoms with Gasteiger partial charge in [-0.05, 0) is 37.8 Å². The van der Waals surface area contributed by atoms with Gasteiger partial charge in [0.15, 0.2) is 0 Å². The van der Waals surface area contributed by atoms with Crippen molar-refractivity contribution in [2.24, 2.45) is 12.5 Å². The van der Waals surface area contributed by atoms with Crippen molar-refractivity contribution in [3.63, 3.8) is 0 Å². The number of nitrogens with zero attached hydrogens (tertiary/aromatic N) is 2. The molecule has 1 unspecified atom stereocenters. The topological polar surface area (TPSA) is 29.9 Å². The fourth-order valence-corrected chi connectivity index (χ4v) is 2.37. The molecule has 0 amide bonds. The SMILES string of the molecule is CCNC(C)CC(C)(C)Cc1ccn(C)n1. The van der Waals surface area contributed by atoms with Crippen LogP contribution in [0.3, 0.4) is 0 Å². The maximum absolute atomic E-state index is 4.45. The third-order valence-corrected chi connectivity index (χ3v) is 2.84. The second-order valence-corrected chi connectivity index (χ2v) is 5.48. The van der Waals surface area contributed by atoms with Gasteiger partial charge in [0.25, 0.3) is 0 Å². The van der Waals surface area contributed by atoms with Crippen LogP contribution in [-0.4, -0.2) is 22.4 Å². The largest absolute Gasteiger partial charge is 0.315 e. The number of rotatable bonds is 6. The van der Waals surface area contributed by atoms with E-state index >= 15 is 0 Å². The summed E-state index contributed by atoms with van der Waals surface area (Å²) in [7, 11) is 1.97. The summed E-state index contributed by atoms with van der Waals surface area (Å²) < 4.78 is 1.87. The molecule has 0 aliphatic carbocycles. The van der Waals surface area contributed by atoms with Crippen LogP contribution in [0, 0.1) is 5.41 Å². The molecule has 0 spiro atoms. The summed E-state index contributed by atoms with van der Waals surface area (Å²) in [6.45, 7) is 10.1. The standard InChI is InChI=1S/C13H25N3/c1-6-14-11(2)9-13(3,4)10-12-7-8-16(5)15-12/h7-8,11,14H,6,9-10H2,1-5H3. The van der Waals surface area contributed by atoms with E-state index in [2.05, 4.69) is 44.2 Å². The Morgan fingerprint density at radius 1 is 1.50 bits per heavy atom. The van der Waals surface area contributed by atoms with Crippen LogP contribution in [0.2, 0.25) is 0 Å². The molecule has 0 aliphatic heterocycles. The van der Waals surface area contributed by atoms with Gasteiger partial charge in [-0.2, -0.15) is 5.10 Å². The molecule has 0 aliphatic rings. The zero-order valence-electron chi connectivity index (χ0n) is 11.2. The monoisotopic (exact) mass is 223 g/mol. The van der Waals surface area contributed by atoms with Gasteiger partial charge in [0.2, 0.25) is 0 Å². The molecule has 1 aromatic rings. The second kappa shape index (κ2) is 5.48. The summed E-state index contributed by atoms with van der Waals surface area (Å²) in [5, 5.41) is 7.91. The predicted octanol–water partition coefficient (Wildman–Crippen LogP) is 2.38. The molecule has 1 rings (SSSR count). The van der Waals surface area contributed by atoms with E-state index in [1.165, 1.54) is 12.1 Å². The minimum atomic E-state index is 0.302. The van der Waals surface area contributed by atoms with Gasteiger partial charge < -0.3 is 5.32 Å². The lowest BCUT2D eigenvalue weighted by Gasteiger charge is -2.27. The van der Waals surface area contributed by atoms with Gasteiger partial charge >= 0.3 is 0 Å². The third-order valence-electron chi connectivity index (χ3n) is 2.84. The van der Waals surface area contributed by atoms with Gasteiger partial charge in [-0.15, -0.1) is 0 Å². The van der Waals surface area contributed by atoms with E-state index in [1.807, 2.05) is 17.9 Å². The quantitative estimate of drug-likeness (QED) is 0.802. The van der Waals surface area contributed by atoms with Crippen molar-refractivity contribution < 1.29 is 0 Å². The highest BCUT2D eigenvalue weighted by Gasteiger charge is 2.22. The number of aryl methyl sites for hydroxylation is 1. The highest BCUT2D eigenvalue weighted by atomic mass is 15.2. The van der Waals surface area contributed by atoms with Crippen molar-refractivity contribution in [3.8, 4) is 0 Å². The average Bonchev–Trinajstić information content (AvgIpc) is 2.49. The van der Waals surface area contributed by atoms with Gasteiger partial charge in [-0.1, -0.05) is 20.8 Å². The molecule has 0 radical (unpaired) electrons. The molecule has 0 bridgehead atoms. The Balaban J connectivity index is 2.50. The van der Waals surface area contributed by atoms with E-state index in [-0.39, 0.29) is 0 Å². The van der Waals surface area contributed by atoms with Crippen molar-refractivity contribution >= 4 is 0 Å². The molecule has 3 heteroatoms. The van der Waals surface area contributed by atoms with E-state index < -0.39 is 0 Å². The smallest absolute Gasteiger partial charge is 0.0629 e. The predicted molar refractivity (Wildman–Crippen MR) is 68.4 cm³/mol. The molecule has 3 nitrogen and oxygen atoms in total. The van der Waals surface area contributed by atoms with E-state index in [0.717, 1.165) is 13.0 Å². The molecular formula is C13H25N3. The molecule has 92 valence electrons. The van der Waals surface area contributed by atoms with Gasteiger partial charge in [0.1, 0.15) is 0 Å². The lowest BCUT2D eigenvalue weighted by Crippen LogP contribution is -2.32. The highest BCUT2D eigenvalue weighted by Crippen LogP contribution is 2.26. The number of hydrogen-bond acceptors (Lipinski definition) is 2. The molecule has 0 saturated heterocycles. The molecule has 1 N–H and O–H groups in total. The number of aromatic nitrogens is 2. The summed E-state index contributed by atoms with van der Waals surface area (Å²) in [6.07, 6.45) is 4.24. The lowest BCUT2D eigenvalue weighted by molar-refractivity contribution is 0.286. The van der Waals surface area contributed by atoms with Gasteiger partial charge in [-0.25, -0.2) is 0 Å². The van der Waals surface area contributed by atoms with Gasteiger partial charge in [0, 0.05) is 19.3 Å². The summed E-state index contributed by atoms with van der Waals surface area (Å²) in [6, 6.07) is 2.68. The fourth-order valence-electron chi connectivity index (χ4n) is 2.37. The first kappa shape index (κ1) is 13.2.